The van der Waals surface area contributed by atoms with E-state index in [1.165, 1.54) is 49.9 Å². The Hall–Kier alpha value is -1.73. The third kappa shape index (κ3) is 7.51. The summed E-state index contributed by atoms with van der Waals surface area (Å²) >= 11 is 0. The molecule has 2 aliphatic rings. The number of rotatable bonds is 7. The molecule has 0 radical (unpaired) electrons. The van der Waals surface area contributed by atoms with Crippen LogP contribution < -0.4 is 10.6 Å². The van der Waals surface area contributed by atoms with Crippen molar-refractivity contribution >= 4 is 5.96 Å². The first-order valence-corrected chi connectivity index (χ1v) is 11.4. The Bertz CT molecular complexity index is 651. The van der Waals surface area contributed by atoms with Gasteiger partial charge >= 0.3 is 0 Å². The van der Waals surface area contributed by atoms with E-state index < -0.39 is 6.43 Å². The summed E-state index contributed by atoms with van der Waals surface area (Å²) in [6.07, 6.45) is 4.77. The maximum Gasteiger partial charge on any atom is 0.251 e. The third-order valence-electron chi connectivity index (χ3n) is 6.21. The molecule has 0 spiro atoms. The zero-order chi connectivity index (χ0) is 21.2. The first-order chi connectivity index (χ1) is 14.6. The van der Waals surface area contributed by atoms with E-state index >= 15 is 0 Å². The Balaban J connectivity index is 1.48. The van der Waals surface area contributed by atoms with Gasteiger partial charge in [-0.25, -0.2) is 8.78 Å². The van der Waals surface area contributed by atoms with Gasteiger partial charge in [0.25, 0.3) is 6.43 Å². The highest BCUT2D eigenvalue weighted by Gasteiger charge is 2.22. The Labute approximate surface area is 179 Å². The van der Waals surface area contributed by atoms with E-state index in [4.69, 9.17) is 0 Å². The first kappa shape index (κ1) is 22.9. The molecule has 0 bridgehead atoms. The van der Waals surface area contributed by atoms with Gasteiger partial charge < -0.3 is 10.6 Å². The Morgan fingerprint density at radius 3 is 2.30 bits per heavy atom. The summed E-state index contributed by atoms with van der Waals surface area (Å²) in [5, 5.41) is 6.93. The second-order valence-electron chi connectivity index (χ2n) is 8.50. The summed E-state index contributed by atoms with van der Waals surface area (Å²) in [6.45, 7) is 5.41. The van der Waals surface area contributed by atoms with Gasteiger partial charge in [-0.05, 0) is 49.9 Å². The molecule has 0 saturated carbocycles. The van der Waals surface area contributed by atoms with Crippen LogP contribution in [0, 0.1) is 0 Å². The molecule has 0 amide bonds. The lowest BCUT2D eigenvalue weighted by Gasteiger charge is -2.32. The molecular weight excluding hydrogens is 384 g/mol. The van der Waals surface area contributed by atoms with Crippen molar-refractivity contribution in [2.75, 3.05) is 39.8 Å². The van der Waals surface area contributed by atoms with Crippen LogP contribution in [0.15, 0.2) is 29.3 Å². The lowest BCUT2D eigenvalue weighted by molar-refractivity contribution is 0.0744. The summed E-state index contributed by atoms with van der Waals surface area (Å²) in [5.41, 5.74) is 2.68. The second kappa shape index (κ2) is 12.2. The normalized spacial score (nSPS) is 20.3. The number of aliphatic imine (C=N–C) groups is 1. The van der Waals surface area contributed by atoms with Crippen LogP contribution >= 0.6 is 0 Å². The number of alkyl halides is 2. The molecule has 2 heterocycles. The van der Waals surface area contributed by atoms with Crippen LogP contribution in [-0.2, 0) is 13.1 Å². The van der Waals surface area contributed by atoms with Crippen molar-refractivity contribution < 1.29 is 8.78 Å². The van der Waals surface area contributed by atoms with E-state index in [0.29, 0.717) is 13.1 Å². The molecule has 0 unspecified atom stereocenters. The highest BCUT2D eigenvalue weighted by molar-refractivity contribution is 5.80. The zero-order valence-electron chi connectivity index (χ0n) is 18.3. The predicted octanol–water partition coefficient (Wildman–Crippen LogP) is 3.46. The van der Waals surface area contributed by atoms with Crippen LogP contribution in [-0.4, -0.2) is 68.0 Å². The molecule has 30 heavy (non-hydrogen) atoms. The average molecular weight is 422 g/mol. The van der Waals surface area contributed by atoms with Gasteiger partial charge in [-0.15, -0.1) is 0 Å². The molecule has 1 aromatic carbocycles. The Morgan fingerprint density at radius 2 is 1.67 bits per heavy atom. The number of hydrogen-bond acceptors (Lipinski definition) is 3. The molecule has 0 aliphatic carbocycles. The highest BCUT2D eigenvalue weighted by Crippen LogP contribution is 2.16. The van der Waals surface area contributed by atoms with Crippen LogP contribution in [0.3, 0.4) is 0 Å². The fourth-order valence-corrected chi connectivity index (χ4v) is 4.44. The van der Waals surface area contributed by atoms with E-state index in [-0.39, 0.29) is 12.6 Å². The van der Waals surface area contributed by atoms with Crippen molar-refractivity contribution in [3.05, 3.63) is 35.4 Å². The van der Waals surface area contributed by atoms with Gasteiger partial charge in [0.1, 0.15) is 0 Å². The van der Waals surface area contributed by atoms with E-state index in [9.17, 15) is 8.78 Å². The minimum atomic E-state index is -2.25. The van der Waals surface area contributed by atoms with Gasteiger partial charge in [0.2, 0.25) is 0 Å². The second-order valence-corrected chi connectivity index (χ2v) is 8.50. The predicted molar refractivity (Wildman–Crippen MR) is 119 cm³/mol. The molecule has 0 atom stereocenters. The molecule has 2 saturated heterocycles. The van der Waals surface area contributed by atoms with Crippen LogP contribution in [0.2, 0.25) is 0 Å². The quantitative estimate of drug-likeness (QED) is 0.523. The van der Waals surface area contributed by atoms with Crippen LogP contribution in [0.1, 0.15) is 49.7 Å². The van der Waals surface area contributed by atoms with Crippen molar-refractivity contribution in [1.29, 1.82) is 0 Å². The summed E-state index contributed by atoms with van der Waals surface area (Å²) in [5.74, 6) is 0.784. The molecule has 2 aliphatic heterocycles. The molecule has 168 valence electrons. The largest absolute Gasteiger partial charge is 0.354 e. The van der Waals surface area contributed by atoms with E-state index in [1.54, 1.807) is 7.05 Å². The smallest absolute Gasteiger partial charge is 0.251 e. The SMILES string of the molecule is CN=C(NCc1ccccc1CN1CCCCCC1)NC1CCN(CC(F)F)CC1. The number of nitrogens with one attached hydrogen (secondary N) is 2. The Morgan fingerprint density at radius 1 is 1.00 bits per heavy atom. The van der Waals surface area contributed by atoms with Gasteiger partial charge in [0.15, 0.2) is 5.96 Å². The fraction of sp³-hybridized carbons (Fsp3) is 0.696. The molecule has 2 N–H and O–H groups in total. The number of likely N-dealkylation sites (tertiary alicyclic amines) is 2. The zero-order valence-corrected chi connectivity index (χ0v) is 18.3. The molecule has 5 nitrogen and oxygen atoms in total. The maximum atomic E-state index is 12.6. The maximum absolute atomic E-state index is 12.6. The molecule has 2 fully saturated rings. The molecule has 7 heteroatoms. The topological polar surface area (TPSA) is 42.9 Å². The average Bonchev–Trinajstić information content (AvgIpc) is 3.01. The number of benzene rings is 1. The minimum Gasteiger partial charge on any atom is -0.354 e. The van der Waals surface area contributed by atoms with Crippen molar-refractivity contribution in [2.45, 2.75) is 64.1 Å². The van der Waals surface area contributed by atoms with E-state index in [0.717, 1.165) is 31.9 Å². The van der Waals surface area contributed by atoms with Crippen molar-refractivity contribution in [1.82, 2.24) is 20.4 Å². The number of piperidine rings is 1. The number of nitrogens with zero attached hydrogens (tertiary/aromatic N) is 3. The monoisotopic (exact) mass is 421 g/mol. The summed E-state index contributed by atoms with van der Waals surface area (Å²) in [6, 6.07) is 8.92. The lowest BCUT2D eigenvalue weighted by atomic mass is 10.1. The van der Waals surface area contributed by atoms with Crippen LogP contribution in [0.25, 0.3) is 0 Å². The summed E-state index contributed by atoms with van der Waals surface area (Å²) < 4.78 is 25.1. The van der Waals surface area contributed by atoms with Crippen molar-refractivity contribution in [3.63, 3.8) is 0 Å². The molecule has 3 rings (SSSR count). The summed E-state index contributed by atoms with van der Waals surface area (Å²) in [7, 11) is 1.78. The number of hydrogen-bond donors (Lipinski definition) is 2. The van der Waals surface area contributed by atoms with Crippen molar-refractivity contribution in [3.8, 4) is 0 Å². The van der Waals surface area contributed by atoms with Gasteiger partial charge in [-0.1, -0.05) is 37.1 Å². The minimum absolute atomic E-state index is 0.118. The molecular formula is C23H37F2N5. The first-order valence-electron chi connectivity index (χ1n) is 11.4. The molecule has 1 aromatic rings. The van der Waals surface area contributed by atoms with Gasteiger partial charge in [0, 0.05) is 39.3 Å². The standard InChI is InChI=1S/C23H37F2N5/c1-26-23(28-21-10-14-30(15-11-21)18-22(24)25)27-16-19-8-4-5-9-20(19)17-29-12-6-2-3-7-13-29/h4-5,8-9,21-22H,2-3,6-7,10-18H2,1H3,(H2,26,27,28). The van der Waals surface area contributed by atoms with Gasteiger partial charge in [-0.2, -0.15) is 0 Å². The van der Waals surface area contributed by atoms with Crippen LogP contribution in [0.4, 0.5) is 8.78 Å². The number of guanidine groups is 1. The molecule has 0 aromatic heterocycles. The number of halogens is 2. The van der Waals surface area contributed by atoms with Crippen LogP contribution in [0.5, 0.6) is 0 Å². The third-order valence-corrected chi connectivity index (χ3v) is 6.21. The van der Waals surface area contributed by atoms with E-state index in [1.807, 2.05) is 4.90 Å². The lowest BCUT2D eigenvalue weighted by Crippen LogP contribution is -2.49. The summed E-state index contributed by atoms with van der Waals surface area (Å²) in [4.78, 5) is 8.79. The Kier molecular flexibility index (Phi) is 9.33. The van der Waals surface area contributed by atoms with Gasteiger partial charge in [0.05, 0.1) is 6.54 Å². The highest BCUT2D eigenvalue weighted by atomic mass is 19.3. The van der Waals surface area contributed by atoms with Gasteiger partial charge in [-0.3, -0.25) is 14.8 Å². The fourth-order valence-electron chi connectivity index (χ4n) is 4.44. The van der Waals surface area contributed by atoms with E-state index in [2.05, 4.69) is 44.8 Å². The van der Waals surface area contributed by atoms with Crippen molar-refractivity contribution in [2.24, 2.45) is 4.99 Å².